The minimum atomic E-state index is -3.86. The van der Waals surface area contributed by atoms with Gasteiger partial charge in [0.1, 0.15) is 12.3 Å². The van der Waals surface area contributed by atoms with Crippen LogP contribution in [0.4, 0.5) is 0 Å². The van der Waals surface area contributed by atoms with E-state index >= 15 is 0 Å². The van der Waals surface area contributed by atoms with Crippen molar-refractivity contribution in [2.75, 3.05) is 12.9 Å². The molecule has 2 aromatic rings. The van der Waals surface area contributed by atoms with Crippen molar-refractivity contribution in [3.8, 4) is 5.75 Å². The van der Waals surface area contributed by atoms with E-state index in [-0.39, 0.29) is 5.75 Å². The molecule has 0 saturated heterocycles. The maximum Gasteiger partial charge on any atom is 0.264 e. The first-order chi connectivity index (χ1) is 9.90. The summed E-state index contributed by atoms with van der Waals surface area (Å²) in [5, 5.41) is 1.12. The zero-order valence-corrected chi connectivity index (χ0v) is 13.1. The second kappa shape index (κ2) is 6.41. The van der Waals surface area contributed by atoms with Crippen molar-refractivity contribution in [2.45, 2.75) is 26.3 Å². The molecule has 0 saturated carbocycles. The summed E-state index contributed by atoms with van der Waals surface area (Å²) in [7, 11) is -2.22. The molecule has 0 amide bonds. The van der Waals surface area contributed by atoms with E-state index in [4.69, 9.17) is 9.29 Å². The normalized spacial score (nSPS) is 11.8. The first kappa shape index (κ1) is 15.7. The summed E-state index contributed by atoms with van der Waals surface area (Å²) >= 11 is 0. The van der Waals surface area contributed by atoms with Crippen molar-refractivity contribution in [3.63, 3.8) is 0 Å². The zero-order valence-electron chi connectivity index (χ0n) is 12.2. The van der Waals surface area contributed by atoms with E-state index in [0.717, 1.165) is 22.2 Å². The van der Waals surface area contributed by atoms with Crippen molar-refractivity contribution in [1.82, 2.24) is 0 Å². The molecule has 6 heteroatoms. The molecule has 1 heterocycles. The third-order valence-electron chi connectivity index (χ3n) is 3.49. The van der Waals surface area contributed by atoms with E-state index in [1.165, 1.54) is 0 Å². The smallest absolute Gasteiger partial charge is 0.264 e. The number of benzene rings is 1. The van der Waals surface area contributed by atoms with Gasteiger partial charge in [0.2, 0.25) is 5.52 Å². The summed E-state index contributed by atoms with van der Waals surface area (Å²) in [6, 6.07) is 7.95. The molecule has 1 N–H and O–H groups in total. The molecular formula is C15H20NO4S+. The van der Waals surface area contributed by atoms with E-state index < -0.39 is 10.1 Å². The van der Waals surface area contributed by atoms with Gasteiger partial charge in [0, 0.05) is 18.6 Å². The highest BCUT2D eigenvalue weighted by molar-refractivity contribution is 7.85. The molecule has 0 aliphatic carbocycles. The number of nitrogens with zero attached hydrogens (tertiary/aromatic N) is 1. The Kier molecular flexibility index (Phi) is 4.80. The van der Waals surface area contributed by atoms with Crippen molar-refractivity contribution < 1.29 is 22.3 Å². The maximum absolute atomic E-state index is 10.7. The van der Waals surface area contributed by atoms with Crippen LogP contribution in [0.2, 0.25) is 0 Å². The van der Waals surface area contributed by atoms with E-state index in [1.807, 2.05) is 37.4 Å². The molecule has 0 aliphatic rings. The van der Waals surface area contributed by atoms with Gasteiger partial charge >= 0.3 is 0 Å². The van der Waals surface area contributed by atoms with Crippen LogP contribution in [0.25, 0.3) is 10.9 Å². The number of hydrogen-bond donors (Lipinski definition) is 1. The van der Waals surface area contributed by atoms with Crippen LogP contribution in [0.3, 0.4) is 0 Å². The Hall–Kier alpha value is -1.66. The van der Waals surface area contributed by atoms with Gasteiger partial charge in [0.25, 0.3) is 10.1 Å². The van der Waals surface area contributed by atoms with Gasteiger partial charge in [-0.25, -0.2) is 0 Å². The predicted molar refractivity (Wildman–Crippen MR) is 81.1 cm³/mol. The van der Waals surface area contributed by atoms with Crippen LogP contribution in [-0.2, 0) is 16.7 Å². The highest BCUT2D eigenvalue weighted by Gasteiger charge is 2.12. The van der Waals surface area contributed by atoms with Gasteiger partial charge in [0.05, 0.1) is 18.2 Å². The summed E-state index contributed by atoms with van der Waals surface area (Å²) in [5.74, 6) is 0.625. The van der Waals surface area contributed by atoms with Crippen molar-refractivity contribution in [3.05, 3.63) is 36.0 Å². The van der Waals surface area contributed by atoms with Gasteiger partial charge in [-0.1, -0.05) is 0 Å². The summed E-state index contributed by atoms with van der Waals surface area (Å²) in [5.41, 5.74) is 2.25. The molecule has 0 atom stereocenters. The van der Waals surface area contributed by atoms with Gasteiger partial charge in [-0.15, -0.1) is 0 Å². The number of aryl methyl sites for hydroxylation is 2. The summed E-state index contributed by atoms with van der Waals surface area (Å²) < 4.78 is 37.5. The minimum absolute atomic E-state index is 0.189. The second-order valence-corrected chi connectivity index (χ2v) is 6.64. The van der Waals surface area contributed by atoms with Gasteiger partial charge in [-0.2, -0.15) is 13.0 Å². The number of fused-ring (bicyclic) bond motifs is 1. The molecule has 5 nitrogen and oxygen atoms in total. The highest BCUT2D eigenvalue weighted by Crippen LogP contribution is 2.21. The molecule has 1 aromatic carbocycles. The number of ether oxygens (including phenoxy) is 1. The van der Waals surface area contributed by atoms with Crippen LogP contribution in [0.15, 0.2) is 30.5 Å². The molecule has 0 bridgehead atoms. The fraction of sp³-hybridized carbons (Fsp3) is 0.400. The number of methoxy groups -OCH3 is 1. The molecule has 0 radical (unpaired) electrons. The Morgan fingerprint density at radius 2 is 2.00 bits per heavy atom. The molecule has 114 valence electrons. The maximum atomic E-state index is 10.7. The third kappa shape index (κ3) is 4.15. The first-order valence-corrected chi connectivity index (χ1v) is 8.43. The van der Waals surface area contributed by atoms with E-state index in [9.17, 15) is 8.42 Å². The summed E-state index contributed by atoms with van der Waals surface area (Å²) in [6.45, 7) is 2.75. The predicted octanol–water partition coefficient (Wildman–Crippen LogP) is 2.11. The topological polar surface area (TPSA) is 67.5 Å². The highest BCUT2D eigenvalue weighted by atomic mass is 32.2. The minimum Gasteiger partial charge on any atom is -0.497 e. The van der Waals surface area contributed by atoms with Gasteiger partial charge in [0.15, 0.2) is 6.20 Å². The fourth-order valence-electron chi connectivity index (χ4n) is 2.34. The first-order valence-electron chi connectivity index (χ1n) is 6.83. The molecule has 0 aliphatic heterocycles. The Labute approximate surface area is 124 Å². The lowest BCUT2D eigenvalue weighted by molar-refractivity contribution is -0.671. The van der Waals surface area contributed by atoms with Crippen LogP contribution < -0.4 is 9.30 Å². The molecule has 21 heavy (non-hydrogen) atoms. The van der Waals surface area contributed by atoms with Crippen LogP contribution >= 0.6 is 0 Å². The van der Waals surface area contributed by atoms with Crippen LogP contribution in [-0.4, -0.2) is 25.8 Å². The Bertz CT molecular complexity index is 741. The fourth-order valence-corrected chi connectivity index (χ4v) is 2.91. The molecule has 1 aromatic heterocycles. The number of hydrogen-bond acceptors (Lipinski definition) is 3. The lowest BCUT2D eigenvalue weighted by Crippen LogP contribution is -2.34. The van der Waals surface area contributed by atoms with Crippen LogP contribution in [0.5, 0.6) is 5.75 Å². The average Bonchev–Trinajstić information content (AvgIpc) is 2.44. The lowest BCUT2D eigenvalue weighted by atomic mass is 10.1. The van der Waals surface area contributed by atoms with E-state index in [0.29, 0.717) is 19.4 Å². The van der Waals surface area contributed by atoms with Crippen LogP contribution in [0.1, 0.15) is 18.4 Å². The molecule has 2 rings (SSSR count). The second-order valence-electron chi connectivity index (χ2n) is 5.07. The lowest BCUT2D eigenvalue weighted by Gasteiger charge is -2.06. The van der Waals surface area contributed by atoms with Gasteiger partial charge in [-0.3, -0.25) is 4.55 Å². The number of aromatic nitrogens is 1. The number of unbranched alkanes of at least 4 members (excludes halogenated alkanes) is 1. The molecule has 0 spiro atoms. The largest absolute Gasteiger partial charge is 0.497 e. The van der Waals surface area contributed by atoms with Crippen LogP contribution in [0, 0.1) is 6.92 Å². The Morgan fingerprint density at radius 1 is 1.24 bits per heavy atom. The SMILES string of the molecule is COc1ccc2c(c1)c(C)cc[n+]2CCCCS(=O)(=O)O. The van der Waals surface area contributed by atoms with Crippen molar-refractivity contribution in [1.29, 1.82) is 0 Å². The zero-order chi connectivity index (χ0) is 15.5. The summed E-state index contributed by atoms with van der Waals surface area (Å²) in [6.07, 6.45) is 3.13. The van der Waals surface area contributed by atoms with E-state index in [2.05, 4.69) is 4.57 Å². The van der Waals surface area contributed by atoms with Gasteiger partial charge in [-0.05, 0) is 31.0 Å². The monoisotopic (exact) mass is 310 g/mol. The third-order valence-corrected chi connectivity index (χ3v) is 4.30. The van der Waals surface area contributed by atoms with Crippen molar-refractivity contribution >= 4 is 21.0 Å². The average molecular weight is 310 g/mol. The molecule has 0 unspecified atom stereocenters. The number of pyridine rings is 1. The quantitative estimate of drug-likeness (QED) is 0.504. The molecule has 0 fully saturated rings. The number of rotatable bonds is 6. The van der Waals surface area contributed by atoms with Crippen molar-refractivity contribution in [2.24, 2.45) is 0 Å². The Balaban J connectivity index is 2.19. The van der Waals surface area contributed by atoms with Gasteiger partial charge < -0.3 is 4.74 Å². The Morgan fingerprint density at radius 3 is 2.67 bits per heavy atom. The summed E-state index contributed by atoms with van der Waals surface area (Å²) in [4.78, 5) is 0. The van der Waals surface area contributed by atoms with E-state index in [1.54, 1.807) is 7.11 Å². The molecular weight excluding hydrogens is 290 g/mol. The standard InChI is InChI=1S/C15H19NO4S/c1-12-7-9-16(8-3-4-10-21(17,18)19)15-6-5-13(20-2)11-14(12)15/h5-7,9,11H,3-4,8,10H2,1-2H3/p+1.